The monoisotopic (exact) mass is 278 g/mol. The van der Waals surface area contributed by atoms with E-state index in [-0.39, 0.29) is 12.1 Å². The molecule has 0 amide bonds. The number of unbranched alkanes of at least 4 members (excludes halogenated alkanes) is 4. The molecule has 0 spiro atoms. The van der Waals surface area contributed by atoms with E-state index in [1.807, 2.05) is 18.2 Å². The molecule has 1 aromatic rings. The lowest BCUT2D eigenvalue weighted by Crippen LogP contribution is -2.23. The molecule has 1 aromatic carbocycles. The highest BCUT2D eigenvalue weighted by Gasteiger charge is 2.15. The van der Waals surface area contributed by atoms with Crippen LogP contribution in [0.15, 0.2) is 30.3 Å². The van der Waals surface area contributed by atoms with E-state index in [0.29, 0.717) is 12.2 Å². The molecule has 0 radical (unpaired) electrons. The van der Waals surface area contributed by atoms with E-state index in [0.717, 1.165) is 12.8 Å². The van der Waals surface area contributed by atoms with Crippen LogP contribution < -0.4 is 0 Å². The van der Waals surface area contributed by atoms with Crippen molar-refractivity contribution < 1.29 is 14.3 Å². The van der Waals surface area contributed by atoms with Crippen molar-refractivity contribution in [3.05, 3.63) is 35.9 Å². The minimum Gasteiger partial charge on any atom is -0.456 e. The van der Waals surface area contributed by atoms with E-state index in [9.17, 15) is 4.79 Å². The molecule has 0 aliphatic rings. The van der Waals surface area contributed by atoms with E-state index in [2.05, 4.69) is 6.92 Å². The van der Waals surface area contributed by atoms with Crippen molar-refractivity contribution in [2.75, 3.05) is 13.7 Å². The molecule has 0 aliphatic heterocycles. The molecular weight excluding hydrogens is 252 g/mol. The summed E-state index contributed by atoms with van der Waals surface area (Å²) >= 11 is 0. The van der Waals surface area contributed by atoms with E-state index in [4.69, 9.17) is 9.47 Å². The summed E-state index contributed by atoms with van der Waals surface area (Å²) in [6, 6.07) is 9.11. The van der Waals surface area contributed by atoms with Crippen molar-refractivity contribution in [2.24, 2.45) is 0 Å². The fourth-order valence-electron chi connectivity index (χ4n) is 2.13. The second-order valence-electron chi connectivity index (χ2n) is 5.05. The summed E-state index contributed by atoms with van der Waals surface area (Å²) in [5.41, 5.74) is 0.597. The highest BCUT2D eigenvalue weighted by molar-refractivity contribution is 5.89. The van der Waals surface area contributed by atoms with Crippen LogP contribution in [0.5, 0.6) is 0 Å². The summed E-state index contributed by atoms with van der Waals surface area (Å²) < 4.78 is 10.7. The van der Waals surface area contributed by atoms with Crippen molar-refractivity contribution >= 4 is 5.97 Å². The third kappa shape index (κ3) is 6.71. The molecule has 0 bridgehead atoms. The number of carbonyl (C=O) groups is 1. The third-order valence-corrected chi connectivity index (χ3v) is 3.27. The average Bonchev–Trinajstić information content (AvgIpc) is 2.48. The van der Waals surface area contributed by atoms with Crippen molar-refractivity contribution in [3.63, 3.8) is 0 Å². The summed E-state index contributed by atoms with van der Waals surface area (Å²) in [5, 5.41) is 0. The zero-order chi connectivity index (χ0) is 14.6. The third-order valence-electron chi connectivity index (χ3n) is 3.27. The van der Waals surface area contributed by atoms with Crippen LogP contribution in [0.4, 0.5) is 0 Å². The van der Waals surface area contributed by atoms with Crippen LogP contribution in [0.25, 0.3) is 0 Å². The van der Waals surface area contributed by atoms with Crippen LogP contribution in [0, 0.1) is 0 Å². The number of rotatable bonds is 10. The van der Waals surface area contributed by atoms with Crippen LogP contribution in [0.3, 0.4) is 0 Å². The van der Waals surface area contributed by atoms with Gasteiger partial charge in [0.2, 0.25) is 0 Å². The Hall–Kier alpha value is -1.35. The number of hydrogen-bond acceptors (Lipinski definition) is 3. The highest BCUT2D eigenvalue weighted by atomic mass is 16.6. The number of hydrogen-bond donors (Lipinski definition) is 0. The molecule has 112 valence electrons. The molecule has 3 nitrogen and oxygen atoms in total. The van der Waals surface area contributed by atoms with Crippen LogP contribution in [-0.4, -0.2) is 25.8 Å². The van der Waals surface area contributed by atoms with E-state index < -0.39 is 0 Å². The van der Waals surface area contributed by atoms with Crippen LogP contribution >= 0.6 is 0 Å². The lowest BCUT2D eigenvalue weighted by atomic mass is 10.1. The Labute approximate surface area is 122 Å². The largest absolute Gasteiger partial charge is 0.456 e. The Morgan fingerprint density at radius 2 is 1.80 bits per heavy atom. The molecule has 0 aromatic heterocycles. The topological polar surface area (TPSA) is 35.5 Å². The normalized spacial score (nSPS) is 12.1. The Bertz CT molecular complexity index is 362. The minimum absolute atomic E-state index is 0.144. The second kappa shape index (κ2) is 10.4. The summed E-state index contributed by atoms with van der Waals surface area (Å²) in [5.74, 6) is -0.263. The van der Waals surface area contributed by atoms with Gasteiger partial charge in [0.05, 0.1) is 12.2 Å². The van der Waals surface area contributed by atoms with Gasteiger partial charge in [0.1, 0.15) is 6.10 Å². The summed E-state index contributed by atoms with van der Waals surface area (Å²) in [7, 11) is 1.64. The molecule has 0 aliphatic carbocycles. The molecule has 1 atom stereocenters. The number of esters is 1. The molecule has 1 unspecified atom stereocenters. The maximum absolute atomic E-state index is 12.0. The van der Waals surface area contributed by atoms with Gasteiger partial charge < -0.3 is 9.47 Å². The number of methoxy groups -OCH3 is 1. The van der Waals surface area contributed by atoms with Gasteiger partial charge in [-0.1, -0.05) is 50.8 Å². The highest BCUT2D eigenvalue weighted by Crippen LogP contribution is 2.12. The van der Waals surface area contributed by atoms with E-state index in [1.165, 1.54) is 25.7 Å². The number of carbonyl (C=O) groups excluding carboxylic acids is 1. The van der Waals surface area contributed by atoms with Crippen molar-refractivity contribution in [1.29, 1.82) is 0 Å². The second-order valence-corrected chi connectivity index (χ2v) is 5.05. The van der Waals surface area contributed by atoms with Gasteiger partial charge in [0, 0.05) is 7.11 Å². The molecule has 1 rings (SSSR count). The average molecular weight is 278 g/mol. The van der Waals surface area contributed by atoms with Gasteiger partial charge in [-0.3, -0.25) is 0 Å². The summed E-state index contributed by atoms with van der Waals surface area (Å²) in [6.45, 7) is 2.67. The molecule has 0 N–H and O–H groups in total. The van der Waals surface area contributed by atoms with Gasteiger partial charge in [0.25, 0.3) is 0 Å². The Morgan fingerprint density at radius 3 is 2.45 bits per heavy atom. The van der Waals surface area contributed by atoms with Crippen molar-refractivity contribution in [2.45, 2.75) is 51.6 Å². The van der Waals surface area contributed by atoms with Crippen molar-refractivity contribution in [1.82, 2.24) is 0 Å². The molecule has 0 saturated carbocycles. The van der Waals surface area contributed by atoms with E-state index in [1.54, 1.807) is 19.2 Å². The maximum Gasteiger partial charge on any atom is 0.338 e. The Balaban J connectivity index is 2.36. The molecular formula is C17H26O3. The predicted molar refractivity (Wildman–Crippen MR) is 80.9 cm³/mol. The van der Waals surface area contributed by atoms with Gasteiger partial charge in [-0.05, 0) is 25.0 Å². The summed E-state index contributed by atoms with van der Waals surface area (Å²) in [4.78, 5) is 12.0. The molecule has 0 heterocycles. The van der Waals surface area contributed by atoms with Gasteiger partial charge in [0.15, 0.2) is 0 Å². The maximum atomic E-state index is 12.0. The zero-order valence-electron chi connectivity index (χ0n) is 12.6. The fraction of sp³-hybridized carbons (Fsp3) is 0.588. The molecule has 3 heteroatoms. The smallest absolute Gasteiger partial charge is 0.338 e. The lowest BCUT2D eigenvalue weighted by Gasteiger charge is -2.17. The SMILES string of the molecule is CCCCCCCC(COC)OC(=O)c1ccccc1. The first-order valence-electron chi connectivity index (χ1n) is 7.53. The first-order chi connectivity index (χ1) is 9.77. The first kappa shape index (κ1) is 16.7. The lowest BCUT2D eigenvalue weighted by molar-refractivity contribution is 0.00237. The molecule has 0 saturated heterocycles. The first-order valence-corrected chi connectivity index (χ1v) is 7.53. The van der Waals surface area contributed by atoms with Crippen LogP contribution in [0.1, 0.15) is 55.8 Å². The summed E-state index contributed by atoms with van der Waals surface area (Å²) in [6.07, 6.45) is 6.77. The molecule has 20 heavy (non-hydrogen) atoms. The van der Waals surface area contributed by atoms with Gasteiger partial charge >= 0.3 is 5.97 Å². The minimum atomic E-state index is -0.263. The molecule has 0 fully saturated rings. The predicted octanol–water partition coefficient (Wildman–Crippen LogP) is 4.22. The number of ether oxygens (including phenoxy) is 2. The zero-order valence-corrected chi connectivity index (χ0v) is 12.6. The Kier molecular flexibility index (Phi) is 8.72. The van der Waals surface area contributed by atoms with Gasteiger partial charge in [-0.25, -0.2) is 4.79 Å². The standard InChI is InChI=1S/C17H26O3/c1-3-4-5-6-10-13-16(14-19-2)20-17(18)15-11-8-7-9-12-15/h7-9,11-12,16H,3-6,10,13-14H2,1-2H3. The quantitative estimate of drug-likeness (QED) is 0.475. The van der Waals surface area contributed by atoms with Crippen molar-refractivity contribution in [3.8, 4) is 0 Å². The Morgan fingerprint density at radius 1 is 1.10 bits per heavy atom. The van der Waals surface area contributed by atoms with Crippen LogP contribution in [0.2, 0.25) is 0 Å². The fourth-order valence-corrected chi connectivity index (χ4v) is 2.13. The number of benzene rings is 1. The van der Waals surface area contributed by atoms with Gasteiger partial charge in [-0.2, -0.15) is 0 Å². The van der Waals surface area contributed by atoms with Gasteiger partial charge in [-0.15, -0.1) is 0 Å². The van der Waals surface area contributed by atoms with E-state index >= 15 is 0 Å². The van der Waals surface area contributed by atoms with Crippen LogP contribution in [-0.2, 0) is 9.47 Å².